The smallest absolute Gasteiger partial charge is 0.422 e. The summed E-state index contributed by atoms with van der Waals surface area (Å²) in [5.74, 6) is -0.959. The number of methoxy groups -OCH3 is 1. The summed E-state index contributed by atoms with van der Waals surface area (Å²) in [5, 5.41) is 0. The van der Waals surface area contributed by atoms with Crippen LogP contribution < -0.4 is 10.5 Å². The van der Waals surface area contributed by atoms with Crippen LogP contribution in [-0.2, 0) is 11.3 Å². The molecule has 4 nitrogen and oxygen atoms in total. The molecular formula is C11H13ClF3NO3. The molecule has 0 bridgehead atoms. The molecule has 2 N–H and O–H groups in total. The molecule has 0 amide bonds. The van der Waals surface area contributed by atoms with Gasteiger partial charge in [-0.1, -0.05) is 6.07 Å². The molecule has 0 aromatic heterocycles. The van der Waals surface area contributed by atoms with E-state index in [1.54, 1.807) is 0 Å². The Bertz CT molecular complexity index is 438. The topological polar surface area (TPSA) is 61.5 Å². The van der Waals surface area contributed by atoms with Gasteiger partial charge in [0.15, 0.2) is 6.61 Å². The van der Waals surface area contributed by atoms with Crippen molar-refractivity contribution >= 4 is 18.4 Å². The van der Waals surface area contributed by atoms with Crippen LogP contribution in [-0.4, -0.2) is 25.9 Å². The van der Waals surface area contributed by atoms with Crippen LogP contribution in [0.25, 0.3) is 0 Å². The quantitative estimate of drug-likeness (QED) is 0.867. The van der Waals surface area contributed by atoms with Crippen molar-refractivity contribution in [3.05, 3.63) is 29.3 Å². The number of nitrogens with two attached hydrogens (primary N) is 1. The lowest BCUT2D eigenvalue weighted by atomic mass is 10.1. The lowest BCUT2D eigenvalue weighted by Crippen LogP contribution is -2.20. The lowest BCUT2D eigenvalue weighted by molar-refractivity contribution is -0.153. The second-order valence-electron chi connectivity index (χ2n) is 3.43. The summed E-state index contributed by atoms with van der Waals surface area (Å²) in [7, 11) is 1.13. The van der Waals surface area contributed by atoms with Crippen molar-refractivity contribution in [2.45, 2.75) is 12.7 Å². The fourth-order valence-corrected chi connectivity index (χ4v) is 1.26. The molecule has 0 spiro atoms. The standard InChI is InChI=1S/C11H12F3NO3.ClH/c1-17-10(16)8-4-7(5-15)2-3-9(8)18-6-11(12,13)14;/h2-4H,5-6,15H2,1H3;1H. The van der Waals surface area contributed by atoms with Crippen molar-refractivity contribution in [2.24, 2.45) is 5.73 Å². The normalized spacial score (nSPS) is 10.6. The molecule has 0 aliphatic heterocycles. The third kappa shape index (κ3) is 5.35. The maximum absolute atomic E-state index is 12.0. The molecule has 0 fully saturated rings. The van der Waals surface area contributed by atoms with Crippen LogP contribution in [0.1, 0.15) is 15.9 Å². The highest BCUT2D eigenvalue weighted by molar-refractivity contribution is 5.92. The lowest BCUT2D eigenvalue weighted by Gasteiger charge is -2.13. The van der Waals surface area contributed by atoms with E-state index in [0.717, 1.165) is 7.11 Å². The van der Waals surface area contributed by atoms with Gasteiger partial charge in [-0.25, -0.2) is 4.79 Å². The van der Waals surface area contributed by atoms with Crippen molar-refractivity contribution in [3.8, 4) is 5.75 Å². The molecule has 1 aromatic rings. The average Bonchev–Trinajstić information content (AvgIpc) is 2.34. The van der Waals surface area contributed by atoms with E-state index in [9.17, 15) is 18.0 Å². The van der Waals surface area contributed by atoms with Gasteiger partial charge < -0.3 is 15.2 Å². The highest BCUT2D eigenvalue weighted by Gasteiger charge is 2.29. The molecule has 0 atom stereocenters. The van der Waals surface area contributed by atoms with Gasteiger partial charge in [0, 0.05) is 6.54 Å². The Hall–Kier alpha value is -1.47. The van der Waals surface area contributed by atoms with Gasteiger partial charge in [-0.15, -0.1) is 12.4 Å². The van der Waals surface area contributed by atoms with Crippen molar-refractivity contribution in [1.82, 2.24) is 0 Å². The van der Waals surface area contributed by atoms with Gasteiger partial charge in [0.05, 0.1) is 7.11 Å². The fraction of sp³-hybridized carbons (Fsp3) is 0.364. The van der Waals surface area contributed by atoms with E-state index in [-0.39, 0.29) is 30.3 Å². The van der Waals surface area contributed by atoms with Gasteiger partial charge in [0.25, 0.3) is 0 Å². The van der Waals surface area contributed by atoms with Gasteiger partial charge in [0.1, 0.15) is 11.3 Å². The number of rotatable bonds is 4. The number of hydrogen-bond donors (Lipinski definition) is 1. The van der Waals surface area contributed by atoms with Gasteiger partial charge in [-0.3, -0.25) is 0 Å². The van der Waals surface area contributed by atoms with Crippen LogP contribution in [0.2, 0.25) is 0 Å². The molecular weight excluding hydrogens is 287 g/mol. The van der Waals surface area contributed by atoms with Crippen LogP contribution in [0.15, 0.2) is 18.2 Å². The zero-order valence-corrected chi connectivity index (χ0v) is 10.8. The van der Waals surface area contributed by atoms with E-state index in [4.69, 9.17) is 5.73 Å². The number of ether oxygens (including phenoxy) is 2. The number of benzene rings is 1. The van der Waals surface area contributed by atoms with Crippen LogP contribution in [0, 0.1) is 0 Å². The van der Waals surface area contributed by atoms with Crippen LogP contribution in [0.5, 0.6) is 5.75 Å². The molecule has 0 heterocycles. The first-order chi connectivity index (χ1) is 8.37. The van der Waals surface area contributed by atoms with Crippen molar-refractivity contribution in [2.75, 3.05) is 13.7 Å². The minimum Gasteiger partial charge on any atom is -0.483 e. The van der Waals surface area contributed by atoms with E-state index in [1.807, 2.05) is 0 Å². The fourth-order valence-electron chi connectivity index (χ4n) is 1.26. The first kappa shape index (κ1) is 17.5. The van der Waals surface area contributed by atoms with E-state index >= 15 is 0 Å². The van der Waals surface area contributed by atoms with Crippen molar-refractivity contribution in [1.29, 1.82) is 0 Å². The molecule has 8 heteroatoms. The Morgan fingerprint density at radius 1 is 1.37 bits per heavy atom. The summed E-state index contributed by atoms with van der Waals surface area (Å²) >= 11 is 0. The van der Waals surface area contributed by atoms with Crippen molar-refractivity contribution < 1.29 is 27.4 Å². The average molecular weight is 300 g/mol. The first-order valence-electron chi connectivity index (χ1n) is 4.98. The van der Waals surface area contributed by atoms with Gasteiger partial charge >= 0.3 is 12.1 Å². The second kappa shape index (κ2) is 7.20. The molecule has 0 aliphatic rings. The van der Waals surface area contributed by atoms with E-state index < -0.39 is 18.8 Å². The maximum atomic E-state index is 12.0. The Morgan fingerprint density at radius 2 is 2.00 bits per heavy atom. The molecule has 1 aromatic carbocycles. The number of halogens is 4. The maximum Gasteiger partial charge on any atom is 0.422 e. The number of hydrogen-bond acceptors (Lipinski definition) is 4. The SMILES string of the molecule is COC(=O)c1cc(CN)ccc1OCC(F)(F)F.Cl. The van der Waals surface area contributed by atoms with Gasteiger partial charge in [-0.05, 0) is 17.7 Å². The summed E-state index contributed by atoms with van der Waals surface area (Å²) in [6.07, 6.45) is -4.47. The summed E-state index contributed by atoms with van der Waals surface area (Å²) in [4.78, 5) is 11.4. The molecule has 19 heavy (non-hydrogen) atoms. The minimum absolute atomic E-state index is 0. The van der Waals surface area contributed by atoms with E-state index in [2.05, 4.69) is 9.47 Å². The number of carbonyl (C=O) groups excluding carboxylic acids is 1. The Balaban J connectivity index is 0.00000324. The Labute approximate surface area is 114 Å². The first-order valence-corrected chi connectivity index (χ1v) is 4.98. The highest BCUT2D eigenvalue weighted by atomic mass is 35.5. The van der Waals surface area contributed by atoms with Gasteiger partial charge in [0.2, 0.25) is 0 Å². The Morgan fingerprint density at radius 3 is 2.47 bits per heavy atom. The molecule has 108 valence electrons. The molecule has 1 rings (SSSR count). The number of carbonyl (C=O) groups is 1. The van der Waals surface area contributed by atoms with Crippen LogP contribution in [0.3, 0.4) is 0 Å². The summed E-state index contributed by atoms with van der Waals surface area (Å²) in [6.45, 7) is -1.32. The Kier molecular flexibility index (Phi) is 6.64. The monoisotopic (exact) mass is 299 g/mol. The largest absolute Gasteiger partial charge is 0.483 e. The van der Waals surface area contributed by atoms with Gasteiger partial charge in [-0.2, -0.15) is 13.2 Å². The van der Waals surface area contributed by atoms with E-state index in [0.29, 0.717) is 5.56 Å². The molecule has 0 unspecified atom stereocenters. The molecule has 0 aliphatic carbocycles. The van der Waals surface area contributed by atoms with Crippen molar-refractivity contribution in [3.63, 3.8) is 0 Å². The minimum atomic E-state index is -4.47. The highest BCUT2D eigenvalue weighted by Crippen LogP contribution is 2.24. The second-order valence-corrected chi connectivity index (χ2v) is 3.43. The van der Waals surface area contributed by atoms with Crippen LogP contribution in [0.4, 0.5) is 13.2 Å². The zero-order valence-electron chi connectivity index (χ0n) is 9.99. The molecule has 0 saturated carbocycles. The van der Waals surface area contributed by atoms with E-state index in [1.165, 1.54) is 18.2 Å². The number of esters is 1. The molecule has 0 radical (unpaired) electrons. The summed E-state index contributed by atoms with van der Waals surface area (Å²) < 4.78 is 45.1. The predicted molar refractivity (Wildman–Crippen MR) is 64.5 cm³/mol. The summed E-state index contributed by atoms with van der Waals surface area (Å²) in [6, 6.07) is 4.09. The zero-order chi connectivity index (χ0) is 13.8. The predicted octanol–water partition coefficient (Wildman–Crippen LogP) is 2.29. The third-order valence-electron chi connectivity index (χ3n) is 2.08. The molecule has 0 saturated heterocycles. The summed E-state index contributed by atoms with van der Waals surface area (Å²) in [5.41, 5.74) is 5.89. The third-order valence-corrected chi connectivity index (χ3v) is 2.08. The number of alkyl halides is 3. The van der Waals surface area contributed by atoms with Crippen LogP contribution >= 0.6 is 12.4 Å².